The van der Waals surface area contributed by atoms with Crippen LogP contribution in [0.25, 0.3) is 0 Å². The van der Waals surface area contributed by atoms with Gasteiger partial charge in [0.1, 0.15) is 5.82 Å². The van der Waals surface area contributed by atoms with Gasteiger partial charge in [-0.1, -0.05) is 12.1 Å². The zero-order chi connectivity index (χ0) is 14.2. The van der Waals surface area contributed by atoms with E-state index in [-0.39, 0.29) is 0 Å². The molecule has 1 aromatic carbocycles. The lowest BCUT2D eigenvalue weighted by molar-refractivity contribution is 0.287. The molecule has 0 aliphatic heterocycles. The van der Waals surface area contributed by atoms with E-state index in [9.17, 15) is 0 Å². The first-order valence-electron chi connectivity index (χ1n) is 6.87. The fourth-order valence-corrected chi connectivity index (χ4v) is 1.87. The molecule has 2 aromatic rings. The normalized spacial score (nSPS) is 10.1. The third-order valence-electron chi connectivity index (χ3n) is 2.75. The lowest BCUT2D eigenvalue weighted by Gasteiger charge is -2.13. The highest BCUT2D eigenvalue weighted by molar-refractivity contribution is 5.44. The Balaban J connectivity index is 2.06. The molecular weight excluding hydrogens is 252 g/mol. The van der Waals surface area contributed by atoms with E-state index in [1.165, 1.54) is 0 Å². The summed E-state index contributed by atoms with van der Waals surface area (Å²) in [5.41, 5.74) is 1.13. The van der Waals surface area contributed by atoms with Gasteiger partial charge >= 0.3 is 0 Å². The van der Waals surface area contributed by atoms with E-state index in [1.807, 2.05) is 50.2 Å². The van der Waals surface area contributed by atoms with Gasteiger partial charge in [-0.25, -0.2) is 4.98 Å². The molecule has 0 aliphatic rings. The average Bonchev–Trinajstić information content (AvgIpc) is 2.49. The molecule has 4 heteroatoms. The number of nitrogens with one attached hydrogen (secondary N) is 1. The van der Waals surface area contributed by atoms with Crippen molar-refractivity contribution in [3.8, 4) is 11.5 Å². The molecule has 0 radical (unpaired) electrons. The molecule has 0 aliphatic carbocycles. The smallest absolute Gasteiger partial charge is 0.161 e. The van der Waals surface area contributed by atoms with Crippen molar-refractivity contribution in [3.05, 3.63) is 48.2 Å². The number of ether oxygens (including phenoxy) is 2. The molecule has 1 aromatic heterocycles. The van der Waals surface area contributed by atoms with Gasteiger partial charge in [0, 0.05) is 12.7 Å². The SMILES string of the molecule is CCOc1ccc(CNc2ccccn2)cc1OCC. The number of nitrogens with zero attached hydrogens (tertiary/aromatic N) is 1. The highest BCUT2D eigenvalue weighted by Gasteiger charge is 2.06. The number of pyridine rings is 1. The van der Waals surface area contributed by atoms with Crippen LogP contribution in [0.3, 0.4) is 0 Å². The van der Waals surface area contributed by atoms with Gasteiger partial charge in [-0.2, -0.15) is 0 Å². The second-order valence-corrected chi connectivity index (χ2v) is 4.22. The minimum absolute atomic E-state index is 0.622. The monoisotopic (exact) mass is 272 g/mol. The van der Waals surface area contributed by atoms with E-state index in [2.05, 4.69) is 10.3 Å². The van der Waals surface area contributed by atoms with Crippen LogP contribution >= 0.6 is 0 Å². The Morgan fingerprint density at radius 3 is 2.50 bits per heavy atom. The number of hydrogen-bond acceptors (Lipinski definition) is 4. The third-order valence-corrected chi connectivity index (χ3v) is 2.75. The topological polar surface area (TPSA) is 43.4 Å². The maximum absolute atomic E-state index is 5.61. The van der Waals surface area contributed by atoms with Crippen molar-refractivity contribution in [2.45, 2.75) is 20.4 Å². The van der Waals surface area contributed by atoms with Crippen LogP contribution < -0.4 is 14.8 Å². The van der Waals surface area contributed by atoms with Crippen LogP contribution in [0.15, 0.2) is 42.6 Å². The molecule has 0 spiro atoms. The van der Waals surface area contributed by atoms with Gasteiger partial charge in [-0.05, 0) is 43.7 Å². The predicted molar refractivity (Wildman–Crippen MR) is 80.3 cm³/mol. The zero-order valence-electron chi connectivity index (χ0n) is 11.9. The summed E-state index contributed by atoms with van der Waals surface area (Å²) in [5.74, 6) is 2.44. The first kappa shape index (κ1) is 14.2. The molecular formula is C16H20N2O2. The van der Waals surface area contributed by atoms with Gasteiger partial charge in [-0.15, -0.1) is 0 Å². The van der Waals surface area contributed by atoms with Crippen LogP contribution in [0, 0.1) is 0 Å². The Kier molecular flexibility index (Phi) is 5.24. The van der Waals surface area contributed by atoms with Gasteiger partial charge in [0.15, 0.2) is 11.5 Å². The first-order chi connectivity index (χ1) is 9.83. The second kappa shape index (κ2) is 7.38. The van der Waals surface area contributed by atoms with Crippen molar-refractivity contribution < 1.29 is 9.47 Å². The summed E-state index contributed by atoms with van der Waals surface area (Å²) in [6.45, 7) is 5.88. The van der Waals surface area contributed by atoms with E-state index < -0.39 is 0 Å². The highest BCUT2D eigenvalue weighted by Crippen LogP contribution is 2.28. The van der Waals surface area contributed by atoms with Gasteiger partial charge in [0.05, 0.1) is 13.2 Å². The lowest BCUT2D eigenvalue weighted by Crippen LogP contribution is -2.03. The summed E-state index contributed by atoms with van der Waals surface area (Å²) in [7, 11) is 0. The van der Waals surface area contributed by atoms with Crippen LogP contribution in [0.1, 0.15) is 19.4 Å². The maximum atomic E-state index is 5.61. The molecule has 0 amide bonds. The van der Waals surface area contributed by atoms with E-state index in [4.69, 9.17) is 9.47 Å². The van der Waals surface area contributed by atoms with Crippen molar-refractivity contribution in [2.75, 3.05) is 18.5 Å². The van der Waals surface area contributed by atoms with Crippen molar-refractivity contribution in [3.63, 3.8) is 0 Å². The van der Waals surface area contributed by atoms with Gasteiger partial charge in [0.25, 0.3) is 0 Å². The standard InChI is InChI=1S/C16H20N2O2/c1-3-19-14-9-8-13(11-15(14)20-4-2)12-18-16-7-5-6-10-17-16/h5-11H,3-4,12H2,1-2H3,(H,17,18). The summed E-state index contributed by atoms with van der Waals surface area (Å²) in [6.07, 6.45) is 1.77. The molecule has 1 heterocycles. The van der Waals surface area contributed by atoms with Crippen LogP contribution in [0.4, 0.5) is 5.82 Å². The third kappa shape index (κ3) is 3.88. The second-order valence-electron chi connectivity index (χ2n) is 4.22. The van der Waals surface area contributed by atoms with Gasteiger partial charge in [0.2, 0.25) is 0 Å². The summed E-state index contributed by atoms with van der Waals surface area (Å²) in [4.78, 5) is 4.23. The lowest BCUT2D eigenvalue weighted by atomic mass is 10.2. The highest BCUT2D eigenvalue weighted by atomic mass is 16.5. The summed E-state index contributed by atoms with van der Waals surface area (Å²) in [6, 6.07) is 11.8. The molecule has 0 bridgehead atoms. The Hall–Kier alpha value is -2.23. The zero-order valence-corrected chi connectivity index (χ0v) is 11.9. The Labute approximate surface area is 119 Å². The molecule has 0 unspecified atom stereocenters. The van der Waals surface area contributed by atoms with Gasteiger partial charge < -0.3 is 14.8 Å². The fraction of sp³-hybridized carbons (Fsp3) is 0.312. The fourth-order valence-electron chi connectivity index (χ4n) is 1.87. The summed E-state index contributed by atoms with van der Waals surface area (Å²) in [5, 5.41) is 3.27. The average molecular weight is 272 g/mol. The molecule has 1 N–H and O–H groups in total. The maximum Gasteiger partial charge on any atom is 0.161 e. The molecule has 0 atom stereocenters. The van der Waals surface area contributed by atoms with Crippen LogP contribution in [0.5, 0.6) is 11.5 Å². The number of rotatable bonds is 7. The number of hydrogen-bond donors (Lipinski definition) is 1. The molecule has 0 saturated heterocycles. The van der Waals surface area contributed by atoms with Crippen molar-refractivity contribution in [1.82, 2.24) is 4.98 Å². The quantitative estimate of drug-likeness (QED) is 0.838. The molecule has 2 rings (SSSR count). The molecule has 0 fully saturated rings. The van der Waals surface area contributed by atoms with E-state index in [0.29, 0.717) is 19.8 Å². The van der Waals surface area contributed by atoms with Gasteiger partial charge in [-0.3, -0.25) is 0 Å². The van der Waals surface area contributed by atoms with E-state index >= 15 is 0 Å². The molecule has 20 heavy (non-hydrogen) atoms. The molecule has 4 nitrogen and oxygen atoms in total. The van der Waals surface area contributed by atoms with Crippen LogP contribution in [0.2, 0.25) is 0 Å². The minimum atomic E-state index is 0.622. The largest absolute Gasteiger partial charge is 0.490 e. The number of anilines is 1. The number of aromatic nitrogens is 1. The summed E-state index contributed by atoms with van der Waals surface area (Å²) < 4.78 is 11.2. The van der Waals surface area contributed by atoms with Crippen LogP contribution in [-0.4, -0.2) is 18.2 Å². The minimum Gasteiger partial charge on any atom is -0.490 e. The molecule has 106 valence electrons. The summed E-state index contributed by atoms with van der Waals surface area (Å²) >= 11 is 0. The predicted octanol–water partition coefficient (Wildman–Crippen LogP) is 3.49. The molecule has 0 saturated carbocycles. The Bertz CT molecular complexity index is 529. The van der Waals surface area contributed by atoms with E-state index in [1.54, 1.807) is 6.20 Å². The van der Waals surface area contributed by atoms with Crippen molar-refractivity contribution >= 4 is 5.82 Å². The van der Waals surface area contributed by atoms with Crippen LogP contribution in [-0.2, 0) is 6.54 Å². The Morgan fingerprint density at radius 1 is 1.00 bits per heavy atom. The number of benzene rings is 1. The van der Waals surface area contributed by atoms with E-state index in [0.717, 1.165) is 22.9 Å². The Morgan fingerprint density at radius 2 is 1.80 bits per heavy atom. The first-order valence-corrected chi connectivity index (χ1v) is 6.87. The van der Waals surface area contributed by atoms with Crippen molar-refractivity contribution in [1.29, 1.82) is 0 Å². The van der Waals surface area contributed by atoms with Crippen molar-refractivity contribution in [2.24, 2.45) is 0 Å².